The van der Waals surface area contributed by atoms with Crippen LogP contribution >= 0.6 is 11.3 Å². The number of carboxylic acids is 2. The van der Waals surface area contributed by atoms with Gasteiger partial charge in [-0.15, -0.1) is 17.0 Å². The van der Waals surface area contributed by atoms with E-state index in [-0.39, 0.29) is 42.0 Å². The number of hydrogen-bond donors (Lipinski definition) is 2. The molecule has 10 nitrogen and oxygen atoms in total. The smallest absolute Gasteiger partial charge is 0.696 e. The average Bonchev–Trinajstić information content (AvgIpc) is 3.63. The van der Waals surface area contributed by atoms with E-state index in [4.69, 9.17) is 15.8 Å². The second-order valence-electron chi connectivity index (χ2n) is 11.1. The Hall–Kier alpha value is -4.47. The number of rotatable bonds is 14. The van der Waals surface area contributed by atoms with Gasteiger partial charge < -0.3 is 53.4 Å². The number of aromatic nitrogens is 2. The first-order valence-corrected chi connectivity index (χ1v) is 19.4. The maximum Gasteiger partial charge on any atom is 4.00 e. The minimum atomic E-state index is -1.12. The van der Waals surface area contributed by atoms with Crippen molar-refractivity contribution in [1.82, 2.24) is 9.97 Å². The Bertz CT molecular complexity index is 1820. The fourth-order valence-electron chi connectivity index (χ4n) is 5.15. The van der Waals surface area contributed by atoms with E-state index in [1.807, 2.05) is 26.0 Å². The van der Waals surface area contributed by atoms with Crippen molar-refractivity contribution in [2.45, 2.75) is 91.5 Å². The molecular formula is C40H44N6O4RuS4. The van der Waals surface area contributed by atoms with Crippen LogP contribution in [-0.2, 0) is 68.6 Å². The molecule has 0 amide bonds. The van der Waals surface area contributed by atoms with Crippen molar-refractivity contribution < 1.29 is 39.3 Å². The molecule has 15 heteroatoms. The van der Waals surface area contributed by atoms with E-state index in [1.165, 1.54) is 104 Å². The van der Waals surface area contributed by atoms with E-state index in [9.17, 15) is 19.8 Å². The normalized spacial score (nSPS) is 12.2. The molecule has 0 radical (unpaired) electrons. The molecular weight excluding hydrogens is 858 g/mol. The largest absolute Gasteiger partial charge is 4.00 e. The van der Waals surface area contributed by atoms with Crippen molar-refractivity contribution in [3.8, 4) is 28.0 Å². The monoisotopic (exact) mass is 902 g/mol. The Morgan fingerprint density at radius 2 is 1.49 bits per heavy atom. The summed E-state index contributed by atoms with van der Waals surface area (Å²) < 4.78 is 0. The van der Waals surface area contributed by atoms with E-state index in [0.717, 1.165) is 16.9 Å². The molecule has 1 aliphatic rings. The Kier molecular flexibility index (Phi) is 31.5. The van der Waals surface area contributed by atoms with E-state index in [2.05, 4.69) is 90.3 Å². The van der Waals surface area contributed by atoms with Gasteiger partial charge in [-0.05, 0) is 53.6 Å². The Balaban J connectivity index is 0. The molecule has 4 heterocycles. The van der Waals surface area contributed by atoms with E-state index in [1.54, 1.807) is 17.5 Å². The molecule has 4 rings (SSSR count). The number of thiophene rings is 1. The number of unbranched alkanes of at least 4 members (excludes halogenated alkanes) is 4. The van der Waals surface area contributed by atoms with Gasteiger partial charge in [-0.25, -0.2) is 25.4 Å². The van der Waals surface area contributed by atoms with Crippen LogP contribution in [0.15, 0.2) is 65.8 Å². The molecule has 0 saturated heterocycles. The Labute approximate surface area is 359 Å². The maximum absolute atomic E-state index is 11.9. The van der Waals surface area contributed by atoms with Crippen molar-refractivity contribution >= 4 is 66.9 Å². The summed E-state index contributed by atoms with van der Waals surface area (Å²) >= 11 is 12.8. The molecule has 3 aromatic rings. The summed E-state index contributed by atoms with van der Waals surface area (Å²) in [6, 6.07) is 7.94. The Morgan fingerprint density at radius 1 is 0.873 bits per heavy atom. The third kappa shape index (κ3) is 21.3. The van der Waals surface area contributed by atoms with Crippen molar-refractivity contribution in [3.63, 3.8) is 0 Å². The molecule has 3 aromatic heterocycles. The maximum atomic E-state index is 11.9. The van der Waals surface area contributed by atoms with Crippen LogP contribution in [0.4, 0.5) is 0 Å². The zero-order chi connectivity index (χ0) is 40.7. The molecule has 0 fully saturated rings. The Morgan fingerprint density at radius 3 is 2.09 bits per heavy atom. The van der Waals surface area contributed by atoms with Crippen molar-refractivity contribution in [3.05, 3.63) is 104 Å². The molecule has 0 saturated carbocycles. The zero-order valence-corrected chi connectivity index (χ0v) is 36.2. The zero-order valence-electron chi connectivity index (χ0n) is 31.2. The molecule has 290 valence electrons. The first-order chi connectivity index (χ1) is 26.1. The van der Waals surface area contributed by atoms with Gasteiger partial charge in [-0.1, -0.05) is 125 Å². The topological polar surface area (TPSA) is 186 Å². The summed E-state index contributed by atoms with van der Waals surface area (Å²) in [6.45, 7) is 8.50. The summed E-state index contributed by atoms with van der Waals surface area (Å²) in [4.78, 5) is 33.2. The van der Waals surface area contributed by atoms with Gasteiger partial charge in [0.1, 0.15) is 0 Å². The van der Waals surface area contributed by atoms with Crippen LogP contribution in [0.2, 0.25) is 0 Å². The van der Waals surface area contributed by atoms with Gasteiger partial charge in [0, 0.05) is 29.3 Å². The molecule has 0 spiro atoms. The van der Waals surface area contributed by atoms with Crippen LogP contribution in [0.3, 0.4) is 0 Å². The average molecular weight is 902 g/mol. The number of pyridine rings is 2. The van der Waals surface area contributed by atoms with Crippen LogP contribution in [0.5, 0.6) is 0 Å². The van der Waals surface area contributed by atoms with Gasteiger partial charge >= 0.3 is 31.4 Å². The van der Waals surface area contributed by atoms with Gasteiger partial charge in [0.25, 0.3) is 0 Å². The van der Waals surface area contributed by atoms with Gasteiger partial charge in [-0.3, -0.25) is 9.97 Å². The molecule has 2 atom stereocenters. The van der Waals surface area contributed by atoms with Gasteiger partial charge in [-0.2, -0.15) is 0 Å². The summed E-state index contributed by atoms with van der Waals surface area (Å²) in [5.41, 5.74) is 3.25. The molecule has 0 aromatic carbocycles. The second kappa shape index (κ2) is 32.9. The molecule has 55 heavy (non-hydrogen) atoms. The predicted molar refractivity (Wildman–Crippen MR) is 221 cm³/mol. The molecule has 2 N–H and O–H groups in total. The predicted octanol–water partition coefficient (Wildman–Crippen LogP) is 9.50. The van der Waals surface area contributed by atoms with Crippen molar-refractivity contribution in [1.29, 1.82) is 15.8 Å². The van der Waals surface area contributed by atoms with E-state index < -0.39 is 18.0 Å². The van der Waals surface area contributed by atoms with Crippen molar-refractivity contribution in [2.75, 3.05) is 0 Å². The standard InChI is InChI=1S/C35H38N3O4S.C2H6.3CHNS.Ru/c1-3-5-7-8-10-24(9-6-4-2)19-26-15-18-43-33(26)12-11-25-13-16-36-29(20-25)31-22-28(35(41)42)23-32(38-31)30-21-27(34(39)40)14-17-37-30;1-2;3*2-1-3;/h13-18,20-24,31H,3-10,19H2,1-2H3,(H,39,40)(H,41,42);1-2H3;3*3H;/q-1;;;;;+4/p-3. The molecule has 0 bridgehead atoms. The first-order valence-electron chi connectivity index (χ1n) is 17.3. The van der Waals surface area contributed by atoms with Crippen LogP contribution in [-0.4, -0.2) is 32.1 Å². The summed E-state index contributed by atoms with van der Waals surface area (Å²) in [5.74, 6) is 5.13. The van der Waals surface area contributed by atoms with Gasteiger partial charge in [0.05, 0.1) is 16.0 Å². The summed E-state index contributed by atoms with van der Waals surface area (Å²) in [5, 5.41) is 51.3. The molecule has 1 aliphatic heterocycles. The number of hydrogen-bond acceptors (Lipinski definition) is 11. The van der Waals surface area contributed by atoms with E-state index >= 15 is 0 Å². The third-order valence-electron chi connectivity index (χ3n) is 7.52. The number of nitriles is 3. The fraction of sp³-hybridized carbons (Fsp3) is 0.375. The van der Waals surface area contributed by atoms with Gasteiger partial charge in [0.15, 0.2) is 0 Å². The van der Waals surface area contributed by atoms with Crippen LogP contribution in [0.25, 0.3) is 11.0 Å². The molecule has 2 unspecified atom stereocenters. The summed E-state index contributed by atoms with van der Waals surface area (Å²) in [7, 11) is 0. The fourth-order valence-corrected chi connectivity index (χ4v) is 5.93. The van der Waals surface area contributed by atoms with Crippen LogP contribution < -0.4 is 0 Å². The number of thiocyanates is 3. The number of carboxylic acid groups (broad SMARTS) is 2. The van der Waals surface area contributed by atoms with Crippen molar-refractivity contribution in [2.24, 2.45) is 5.92 Å². The minimum absolute atomic E-state index is 0. The molecule has 0 aliphatic carbocycles. The van der Waals surface area contributed by atoms with Crippen LogP contribution in [0, 0.1) is 49.7 Å². The number of aromatic carboxylic acids is 1. The van der Waals surface area contributed by atoms with Crippen LogP contribution in [0.1, 0.15) is 123 Å². The minimum Gasteiger partial charge on any atom is -0.696 e. The number of nitrogens with zero attached hydrogens (tertiary/aromatic N) is 6. The van der Waals surface area contributed by atoms with E-state index in [0.29, 0.717) is 11.6 Å². The summed E-state index contributed by atoms with van der Waals surface area (Å²) in [6.07, 6.45) is 17.1. The first kappa shape index (κ1) is 52.6. The quantitative estimate of drug-likeness (QED) is 0.0514. The SMILES string of the molecule is CC.CCCCCCC(CCCC)Cc1ccsc1C#Cc1ccnc(C2C=C(C(=O)O)C=C(c3cc(C(=O)O)ccn3)[N-]2)c1.N#C[S-].N#C[S-].N#C[S-].[Ru+4]. The number of aliphatic carboxylic acids is 1. The second-order valence-corrected chi connectivity index (χ2v) is 12.6. The van der Waals surface area contributed by atoms with Gasteiger partial charge in [0.2, 0.25) is 0 Å². The number of carbonyl (C=O) groups is 2. The third-order valence-corrected chi connectivity index (χ3v) is 8.39.